The highest BCUT2D eigenvalue weighted by Crippen LogP contribution is 2.48. The molecule has 1 aromatic heterocycles. The lowest BCUT2D eigenvalue weighted by atomic mass is 10.1. The lowest BCUT2D eigenvalue weighted by Gasteiger charge is -2.14. The third kappa shape index (κ3) is 8.39. The standard InChI is InChI=1S/C26H17F3N8O13S4/c27-13-7-12(2-3-15(13)51(39,40)41)34-36-23-17(53(45,46)47)5-10-6-18(54(48,49)50)24(25(38)21(10)22(23)30)37-35-14-8-11(1-4-16(14)52(42,43)44)31-20-9-19(28)32-26(29)33-20/h1-9,38H,30H2,(H,31,32,33)(H,39,40,41)(H,42,43,44)(H,45,46,47)(H,48,49,50). The molecular weight excluding hydrogens is 818 g/mol. The molecule has 4 aromatic carbocycles. The van der Waals surface area contributed by atoms with Crippen molar-refractivity contribution in [2.45, 2.75) is 19.6 Å². The number of aromatic hydroxyl groups is 1. The molecule has 5 aromatic rings. The molecule has 0 aliphatic carbocycles. The minimum Gasteiger partial charge on any atom is -0.505 e. The maximum atomic E-state index is 14.3. The summed E-state index contributed by atoms with van der Waals surface area (Å²) in [6.45, 7) is 0. The quantitative estimate of drug-likeness (QED) is 0.0323. The Balaban J connectivity index is 1.72. The van der Waals surface area contributed by atoms with Crippen LogP contribution in [0.5, 0.6) is 5.75 Å². The summed E-state index contributed by atoms with van der Waals surface area (Å²) in [4.78, 5) is 1.43. The Hall–Kier alpha value is -5.75. The molecule has 0 fully saturated rings. The number of aromatic nitrogens is 2. The number of azo groups is 2. The smallest absolute Gasteiger partial charge is 0.313 e. The summed E-state index contributed by atoms with van der Waals surface area (Å²) in [6, 6.07) is 5.95. The maximum Gasteiger partial charge on any atom is 0.313 e. The number of nitrogens with one attached hydrogen (secondary N) is 1. The van der Waals surface area contributed by atoms with Crippen molar-refractivity contribution < 1.29 is 70.2 Å². The van der Waals surface area contributed by atoms with Gasteiger partial charge in [0.1, 0.15) is 48.3 Å². The van der Waals surface area contributed by atoms with Gasteiger partial charge in [-0.25, -0.2) is 4.39 Å². The van der Waals surface area contributed by atoms with E-state index in [0.717, 1.165) is 24.3 Å². The van der Waals surface area contributed by atoms with E-state index in [0.29, 0.717) is 30.3 Å². The molecular formula is C26H17F3N8O13S4. The number of phenolic OH excluding ortho intramolecular Hbond substituents is 1. The van der Waals surface area contributed by atoms with Gasteiger partial charge in [0.15, 0.2) is 5.75 Å². The van der Waals surface area contributed by atoms with Crippen molar-refractivity contribution in [1.82, 2.24) is 9.97 Å². The molecule has 0 saturated heterocycles. The average Bonchev–Trinajstić information content (AvgIpc) is 3.01. The third-order valence-electron chi connectivity index (χ3n) is 6.76. The summed E-state index contributed by atoms with van der Waals surface area (Å²) >= 11 is 0. The van der Waals surface area contributed by atoms with Gasteiger partial charge in [0.2, 0.25) is 5.95 Å². The second kappa shape index (κ2) is 13.9. The first-order valence-electron chi connectivity index (χ1n) is 13.6. The molecule has 0 radical (unpaired) electrons. The van der Waals surface area contributed by atoms with Crippen LogP contribution in [-0.2, 0) is 40.5 Å². The number of nitrogens with zero attached hydrogens (tertiary/aromatic N) is 6. The SMILES string of the molecule is Nc1c(N=Nc2ccc(S(=O)(=O)O)c(F)c2)c(S(=O)(=O)O)cc2cc(S(=O)(=O)O)c(N=Nc3cc(Nc4cc(F)nc(F)n4)ccc3S(=O)(=O)O)c(O)c12. The number of benzene rings is 4. The Morgan fingerprint density at radius 1 is 0.630 bits per heavy atom. The Morgan fingerprint density at radius 3 is 1.74 bits per heavy atom. The van der Waals surface area contributed by atoms with E-state index in [1.807, 2.05) is 0 Å². The second-order valence-electron chi connectivity index (χ2n) is 10.4. The molecule has 0 bridgehead atoms. The van der Waals surface area contributed by atoms with Crippen LogP contribution in [0.4, 0.5) is 53.1 Å². The molecule has 5 rings (SSSR count). The highest BCUT2D eigenvalue weighted by atomic mass is 32.2. The van der Waals surface area contributed by atoms with Crippen LogP contribution < -0.4 is 11.1 Å². The largest absolute Gasteiger partial charge is 0.505 e. The van der Waals surface area contributed by atoms with E-state index in [-0.39, 0.29) is 5.69 Å². The fraction of sp³-hybridized carbons (Fsp3) is 0. The van der Waals surface area contributed by atoms with Crippen molar-refractivity contribution in [2.75, 3.05) is 11.1 Å². The van der Waals surface area contributed by atoms with Gasteiger partial charge >= 0.3 is 6.08 Å². The minimum absolute atomic E-state index is 0.212. The zero-order valence-electron chi connectivity index (χ0n) is 25.7. The highest BCUT2D eigenvalue weighted by molar-refractivity contribution is 7.86. The predicted octanol–water partition coefficient (Wildman–Crippen LogP) is 4.90. The van der Waals surface area contributed by atoms with E-state index >= 15 is 0 Å². The fourth-order valence-electron chi connectivity index (χ4n) is 4.57. The van der Waals surface area contributed by atoms with Crippen LogP contribution in [0.1, 0.15) is 0 Å². The predicted molar refractivity (Wildman–Crippen MR) is 176 cm³/mol. The molecule has 8 N–H and O–H groups in total. The van der Waals surface area contributed by atoms with Gasteiger partial charge in [0.25, 0.3) is 40.5 Å². The highest BCUT2D eigenvalue weighted by Gasteiger charge is 2.28. The monoisotopic (exact) mass is 834 g/mol. The lowest BCUT2D eigenvalue weighted by molar-refractivity contribution is 0.471. The zero-order valence-corrected chi connectivity index (χ0v) is 29.0. The summed E-state index contributed by atoms with van der Waals surface area (Å²) in [6.07, 6.45) is -1.49. The van der Waals surface area contributed by atoms with Crippen LogP contribution in [0, 0.1) is 17.8 Å². The Labute approximate surface area is 299 Å². The Bertz CT molecular complexity index is 2910. The van der Waals surface area contributed by atoms with Crippen molar-refractivity contribution in [3.8, 4) is 5.75 Å². The van der Waals surface area contributed by atoms with Gasteiger partial charge < -0.3 is 16.2 Å². The lowest BCUT2D eigenvalue weighted by Crippen LogP contribution is -2.04. The van der Waals surface area contributed by atoms with Gasteiger partial charge in [-0.05, 0) is 47.9 Å². The van der Waals surface area contributed by atoms with Crippen LogP contribution in [0.15, 0.2) is 94.6 Å². The number of hydrogen-bond acceptors (Lipinski definition) is 17. The molecule has 0 amide bonds. The van der Waals surface area contributed by atoms with Crippen molar-refractivity contribution in [2.24, 2.45) is 20.5 Å². The number of anilines is 3. The number of hydrogen-bond donors (Lipinski definition) is 7. The van der Waals surface area contributed by atoms with Gasteiger partial charge in [0, 0.05) is 17.8 Å². The molecule has 28 heteroatoms. The number of nitrogen functional groups attached to an aromatic ring is 1. The minimum atomic E-state index is -5.45. The number of nitrogens with two attached hydrogens (primary N) is 1. The molecule has 0 atom stereocenters. The second-order valence-corrected chi connectivity index (χ2v) is 15.9. The number of fused-ring (bicyclic) bond motifs is 1. The van der Waals surface area contributed by atoms with E-state index in [1.54, 1.807) is 0 Å². The van der Waals surface area contributed by atoms with Gasteiger partial charge in [-0.3, -0.25) is 18.2 Å². The first-order chi connectivity index (χ1) is 24.8. The molecule has 0 aliphatic rings. The van der Waals surface area contributed by atoms with E-state index in [1.165, 1.54) is 0 Å². The summed E-state index contributed by atoms with van der Waals surface area (Å²) in [5.41, 5.74) is 1.46. The fourth-order valence-corrected chi connectivity index (χ4v) is 7.05. The molecule has 0 aliphatic heterocycles. The Morgan fingerprint density at radius 2 is 1.19 bits per heavy atom. The topological polar surface area (TPSA) is 351 Å². The molecule has 54 heavy (non-hydrogen) atoms. The van der Waals surface area contributed by atoms with Gasteiger partial charge in [-0.15, -0.1) is 15.3 Å². The van der Waals surface area contributed by atoms with E-state index in [9.17, 15) is 65.6 Å². The van der Waals surface area contributed by atoms with Gasteiger partial charge in [-0.2, -0.15) is 57.5 Å². The van der Waals surface area contributed by atoms with E-state index in [2.05, 4.69) is 35.7 Å². The van der Waals surface area contributed by atoms with Crippen LogP contribution in [0.25, 0.3) is 10.8 Å². The van der Waals surface area contributed by atoms with Crippen molar-refractivity contribution >= 4 is 91.2 Å². The normalized spacial score (nSPS) is 12.9. The van der Waals surface area contributed by atoms with E-state index in [4.69, 9.17) is 10.3 Å². The molecule has 1 heterocycles. The van der Waals surface area contributed by atoms with E-state index < -0.39 is 129 Å². The van der Waals surface area contributed by atoms with Gasteiger partial charge in [0.05, 0.1) is 16.8 Å². The molecule has 21 nitrogen and oxygen atoms in total. The molecule has 284 valence electrons. The van der Waals surface area contributed by atoms with Crippen LogP contribution in [0.3, 0.4) is 0 Å². The summed E-state index contributed by atoms with van der Waals surface area (Å²) in [5.74, 6) is -4.62. The molecule has 0 unspecified atom stereocenters. The summed E-state index contributed by atoms with van der Waals surface area (Å²) in [5, 5.41) is 26.4. The van der Waals surface area contributed by atoms with Crippen molar-refractivity contribution in [3.05, 3.63) is 72.4 Å². The van der Waals surface area contributed by atoms with Crippen LogP contribution in [0.2, 0.25) is 0 Å². The Kier molecular flexibility index (Phi) is 10.2. The van der Waals surface area contributed by atoms with Gasteiger partial charge in [-0.1, -0.05) is 0 Å². The number of halogens is 3. The van der Waals surface area contributed by atoms with Crippen LogP contribution in [-0.4, -0.2) is 67.0 Å². The molecule has 0 spiro atoms. The zero-order chi connectivity index (χ0) is 40.1. The summed E-state index contributed by atoms with van der Waals surface area (Å²) in [7, 11) is -20.9. The van der Waals surface area contributed by atoms with Crippen molar-refractivity contribution in [3.63, 3.8) is 0 Å². The van der Waals surface area contributed by atoms with Crippen LogP contribution >= 0.6 is 0 Å². The summed E-state index contributed by atoms with van der Waals surface area (Å²) < 4.78 is 176. The number of phenols is 1. The molecule has 0 saturated carbocycles. The maximum absolute atomic E-state index is 14.3. The average molecular weight is 835 g/mol. The first-order valence-corrected chi connectivity index (χ1v) is 19.4. The third-order valence-corrected chi connectivity index (χ3v) is 10.3. The van der Waals surface area contributed by atoms with Crippen molar-refractivity contribution in [1.29, 1.82) is 0 Å². The first kappa shape index (κ1) is 39.5. The number of rotatable bonds is 10.